The molecule has 1 fully saturated rings. The normalized spacial score (nSPS) is 17.2. The quantitative estimate of drug-likeness (QED) is 0.819. The first kappa shape index (κ1) is 17.0. The lowest BCUT2D eigenvalue weighted by Crippen LogP contribution is -2.28. The van der Waals surface area contributed by atoms with Crippen LogP contribution in [0.3, 0.4) is 0 Å². The maximum Gasteiger partial charge on any atom is 0.229 e. The molecule has 1 aliphatic heterocycles. The smallest absolute Gasteiger partial charge is 0.229 e. The summed E-state index contributed by atoms with van der Waals surface area (Å²) in [7, 11) is 0. The van der Waals surface area contributed by atoms with E-state index in [-0.39, 0.29) is 24.2 Å². The molecule has 1 saturated heterocycles. The highest BCUT2D eigenvalue weighted by Crippen LogP contribution is 2.28. The van der Waals surface area contributed by atoms with Crippen molar-refractivity contribution >= 4 is 50.7 Å². The molecule has 1 atom stereocenters. The number of benzene rings is 2. The summed E-state index contributed by atoms with van der Waals surface area (Å²) in [5.41, 5.74) is 2.58. The van der Waals surface area contributed by atoms with Crippen LogP contribution in [0.5, 0.6) is 0 Å². The maximum atomic E-state index is 12.4. The highest BCUT2D eigenvalue weighted by atomic mass is 79.9. The summed E-state index contributed by atoms with van der Waals surface area (Å²) in [5, 5.41) is 3.36. The summed E-state index contributed by atoms with van der Waals surface area (Å²) >= 11 is 9.35. The molecule has 24 heavy (non-hydrogen) atoms. The van der Waals surface area contributed by atoms with E-state index in [1.165, 1.54) is 0 Å². The number of carbonyl (C=O) groups is 2. The Morgan fingerprint density at radius 2 is 1.96 bits per heavy atom. The van der Waals surface area contributed by atoms with Crippen molar-refractivity contribution in [2.24, 2.45) is 5.92 Å². The second kappa shape index (κ2) is 6.95. The number of hydrogen-bond acceptors (Lipinski definition) is 2. The number of rotatable bonds is 3. The van der Waals surface area contributed by atoms with E-state index in [9.17, 15) is 9.59 Å². The van der Waals surface area contributed by atoms with Crippen LogP contribution >= 0.6 is 27.5 Å². The summed E-state index contributed by atoms with van der Waals surface area (Å²) < 4.78 is 0.767. The second-order valence-corrected chi connectivity index (χ2v) is 7.12. The number of nitrogens with one attached hydrogen (secondary N) is 1. The maximum absolute atomic E-state index is 12.4. The van der Waals surface area contributed by atoms with E-state index in [0.717, 1.165) is 15.7 Å². The van der Waals surface area contributed by atoms with Crippen LogP contribution in [0.25, 0.3) is 0 Å². The molecule has 3 rings (SSSR count). The van der Waals surface area contributed by atoms with Gasteiger partial charge in [0.15, 0.2) is 0 Å². The van der Waals surface area contributed by atoms with Crippen LogP contribution in [0.2, 0.25) is 5.02 Å². The van der Waals surface area contributed by atoms with Crippen molar-refractivity contribution in [1.29, 1.82) is 0 Å². The Bertz CT molecular complexity index is 792. The average molecular weight is 408 g/mol. The Balaban J connectivity index is 1.69. The fraction of sp³-hybridized carbons (Fsp3) is 0.222. The first-order chi connectivity index (χ1) is 11.4. The molecule has 124 valence electrons. The van der Waals surface area contributed by atoms with Gasteiger partial charge in [0.05, 0.1) is 10.9 Å². The summed E-state index contributed by atoms with van der Waals surface area (Å²) in [5.74, 6) is -0.578. The molecule has 0 aromatic heterocycles. The van der Waals surface area contributed by atoms with Gasteiger partial charge >= 0.3 is 0 Å². The minimum absolute atomic E-state index is 0.0344. The van der Waals surface area contributed by atoms with Gasteiger partial charge in [-0.1, -0.05) is 29.3 Å². The molecule has 1 aliphatic rings. The average Bonchev–Trinajstić information content (AvgIpc) is 2.94. The largest absolute Gasteiger partial charge is 0.326 e. The van der Waals surface area contributed by atoms with Crippen LogP contribution in [0, 0.1) is 12.8 Å². The van der Waals surface area contributed by atoms with E-state index in [1.54, 1.807) is 23.1 Å². The van der Waals surface area contributed by atoms with Crippen molar-refractivity contribution in [3.63, 3.8) is 0 Å². The number of anilines is 2. The molecule has 2 aromatic rings. The fourth-order valence-corrected chi connectivity index (χ4v) is 3.10. The van der Waals surface area contributed by atoms with E-state index in [4.69, 9.17) is 11.6 Å². The van der Waals surface area contributed by atoms with E-state index < -0.39 is 0 Å². The Labute approximate surface area is 153 Å². The molecule has 4 nitrogen and oxygen atoms in total. The summed E-state index contributed by atoms with van der Waals surface area (Å²) in [4.78, 5) is 26.4. The standard InChI is InChI=1S/C18H16BrClN2O2/c1-11-2-5-14(6-3-11)22-10-12(8-17(22)23)18(24)21-13-4-7-15(19)16(20)9-13/h2-7,9,12H,8,10H2,1H3,(H,21,24)/t12-/m0/s1. The molecular weight excluding hydrogens is 392 g/mol. The van der Waals surface area contributed by atoms with Crippen molar-refractivity contribution in [3.8, 4) is 0 Å². The van der Waals surface area contributed by atoms with Gasteiger partial charge in [0.2, 0.25) is 11.8 Å². The van der Waals surface area contributed by atoms with Crippen LogP contribution in [-0.2, 0) is 9.59 Å². The van der Waals surface area contributed by atoms with E-state index in [0.29, 0.717) is 17.3 Å². The van der Waals surface area contributed by atoms with Crippen molar-refractivity contribution in [3.05, 3.63) is 57.5 Å². The molecule has 2 aromatic carbocycles. The lowest BCUT2D eigenvalue weighted by molar-refractivity contribution is -0.122. The van der Waals surface area contributed by atoms with Crippen LogP contribution in [0.4, 0.5) is 11.4 Å². The van der Waals surface area contributed by atoms with Gasteiger partial charge in [-0.25, -0.2) is 0 Å². The summed E-state index contributed by atoms with van der Waals surface area (Å²) in [6.07, 6.45) is 0.212. The lowest BCUT2D eigenvalue weighted by Gasteiger charge is -2.17. The Morgan fingerprint density at radius 3 is 2.62 bits per heavy atom. The third-order valence-electron chi connectivity index (χ3n) is 4.03. The van der Waals surface area contributed by atoms with Gasteiger partial charge in [-0.15, -0.1) is 0 Å². The highest BCUT2D eigenvalue weighted by Gasteiger charge is 2.35. The molecule has 2 amide bonds. The van der Waals surface area contributed by atoms with Crippen molar-refractivity contribution < 1.29 is 9.59 Å². The zero-order chi connectivity index (χ0) is 17.3. The van der Waals surface area contributed by atoms with E-state index in [1.807, 2.05) is 31.2 Å². The molecule has 0 unspecified atom stereocenters. The zero-order valence-corrected chi connectivity index (χ0v) is 15.4. The zero-order valence-electron chi connectivity index (χ0n) is 13.1. The molecule has 0 saturated carbocycles. The van der Waals surface area contributed by atoms with Crippen molar-refractivity contribution in [2.45, 2.75) is 13.3 Å². The van der Waals surface area contributed by atoms with E-state index in [2.05, 4.69) is 21.2 Å². The molecule has 0 bridgehead atoms. The number of amides is 2. The van der Waals surface area contributed by atoms with Crippen molar-refractivity contribution in [2.75, 3.05) is 16.8 Å². The van der Waals surface area contributed by atoms with Crippen LogP contribution in [0.1, 0.15) is 12.0 Å². The molecular formula is C18H16BrClN2O2. The monoisotopic (exact) mass is 406 g/mol. The number of carbonyl (C=O) groups excluding carboxylic acids is 2. The van der Waals surface area contributed by atoms with Crippen molar-refractivity contribution in [1.82, 2.24) is 0 Å². The molecule has 6 heteroatoms. The van der Waals surface area contributed by atoms with Gasteiger partial charge in [0.25, 0.3) is 0 Å². The van der Waals surface area contributed by atoms with Gasteiger partial charge in [0, 0.05) is 28.8 Å². The molecule has 0 aliphatic carbocycles. The lowest BCUT2D eigenvalue weighted by atomic mass is 10.1. The number of aryl methyl sites for hydroxylation is 1. The predicted molar refractivity (Wildman–Crippen MR) is 99.4 cm³/mol. The topological polar surface area (TPSA) is 49.4 Å². The highest BCUT2D eigenvalue weighted by molar-refractivity contribution is 9.10. The third kappa shape index (κ3) is 3.62. The molecule has 1 heterocycles. The van der Waals surface area contributed by atoms with Gasteiger partial charge in [-0.3, -0.25) is 9.59 Å². The van der Waals surface area contributed by atoms with Crippen LogP contribution in [-0.4, -0.2) is 18.4 Å². The summed E-state index contributed by atoms with van der Waals surface area (Å²) in [6.45, 7) is 2.38. The second-order valence-electron chi connectivity index (χ2n) is 5.86. The summed E-state index contributed by atoms with van der Waals surface area (Å²) in [6, 6.07) is 12.9. The van der Waals surface area contributed by atoms with Crippen LogP contribution < -0.4 is 10.2 Å². The fourth-order valence-electron chi connectivity index (χ4n) is 2.68. The first-order valence-electron chi connectivity index (χ1n) is 7.57. The first-order valence-corrected chi connectivity index (χ1v) is 8.74. The van der Waals surface area contributed by atoms with E-state index >= 15 is 0 Å². The minimum Gasteiger partial charge on any atom is -0.326 e. The molecule has 0 spiro atoms. The Kier molecular flexibility index (Phi) is 4.92. The predicted octanol–water partition coefficient (Wildman–Crippen LogP) is 4.40. The van der Waals surface area contributed by atoms with Gasteiger partial charge in [0.1, 0.15) is 0 Å². The van der Waals surface area contributed by atoms with Gasteiger partial charge in [-0.05, 0) is 53.2 Å². The third-order valence-corrected chi connectivity index (χ3v) is 5.26. The molecule has 1 N–H and O–H groups in total. The van der Waals surface area contributed by atoms with Gasteiger partial charge in [-0.2, -0.15) is 0 Å². The Morgan fingerprint density at radius 1 is 1.25 bits per heavy atom. The SMILES string of the molecule is Cc1ccc(N2C[C@@H](C(=O)Nc3ccc(Br)c(Cl)c3)CC2=O)cc1. The minimum atomic E-state index is -0.374. The molecule has 0 radical (unpaired) electrons. The number of halogens is 2. The van der Waals surface area contributed by atoms with Crippen LogP contribution in [0.15, 0.2) is 46.9 Å². The number of nitrogens with zero attached hydrogens (tertiary/aromatic N) is 1. The Hall–Kier alpha value is -1.85. The van der Waals surface area contributed by atoms with Gasteiger partial charge < -0.3 is 10.2 Å². The number of hydrogen-bond donors (Lipinski definition) is 1.